The van der Waals surface area contributed by atoms with E-state index in [1.54, 1.807) is 12.1 Å². The normalized spacial score (nSPS) is 15.0. The van der Waals surface area contributed by atoms with Gasteiger partial charge in [-0.05, 0) is 53.9 Å². The Morgan fingerprint density at radius 3 is 2.42 bits per heavy atom. The Labute approximate surface area is 189 Å². The van der Waals surface area contributed by atoms with Gasteiger partial charge in [0.15, 0.2) is 0 Å². The summed E-state index contributed by atoms with van der Waals surface area (Å²) >= 11 is 7.96. The van der Waals surface area contributed by atoms with Crippen LogP contribution < -0.4 is 5.32 Å². The molecule has 2 heterocycles. The van der Waals surface area contributed by atoms with E-state index in [2.05, 4.69) is 5.32 Å². The van der Waals surface area contributed by atoms with Crippen molar-refractivity contribution in [2.45, 2.75) is 17.7 Å². The van der Waals surface area contributed by atoms with Gasteiger partial charge in [0.2, 0.25) is 10.0 Å². The fourth-order valence-electron chi connectivity index (χ4n) is 3.95. The van der Waals surface area contributed by atoms with Crippen LogP contribution in [0.1, 0.15) is 22.5 Å². The molecule has 31 heavy (non-hydrogen) atoms. The van der Waals surface area contributed by atoms with Crippen LogP contribution in [0.3, 0.4) is 0 Å². The second kappa shape index (κ2) is 7.91. The van der Waals surface area contributed by atoms with Crippen LogP contribution in [-0.4, -0.2) is 31.7 Å². The topological polar surface area (TPSA) is 66.5 Å². The number of carbonyl (C=O) groups is 1. The van der Waals surface area contributed by atoms with E-state index >= 15 is 0 Å². The van der Waals surface area contributed by atoms with Crippen molar-refractivity contribution in [1.82, 2.24) is 4.31 Å². The summed E-state index contributed by atoms with van der Waals surface area (Å²) in [5.74, 6) is -0.314. The molecule has 1 aromatic heterocycles. The Balaban J connectivity index is 1.42. The zero-order valence-corrected chi connectivity index (χ0v) is 18.9. The predicted octanol–water partition coefficient (Wildman–Crippen LogP) is 5.74. The van der Waals surface area contributed by atoms with Crippen LogP contribution in [-0.2, 0) is 10.0 Å². The second-order valence-corrected chi connectivity index (χ2v) is 10.9. The largest absolute Gasteiger partial charge is 0.321 e. The Morgan fingerprint density at radius 1 is 0.968 bits per heavy atom. The molecule has 1 saturated heterocycles. The third-order valence-corrected chi connectivity index (χ3v) is 9.10. The number of amides is 1. The molecule has 5 nitrogen and oxygen atoms in total. The van der Waals surface area contributed by atoms with Crippen molar-refractivity contribution in [3.63, 3.8) is 0 Å². The molecule has 5 rings (SSSR count). The van der Waals surface area contributed by atoms with E-state index in [4.69, 9.17) is 11.6 Å². The quantitative estimate of drug-likeness (QED) is 0.413. The van der Waals surface area contributed by atoms with E-state index in [9.17, 15) is 13.2 Å². The summed E-state index contributed by atoms with van der Waals surface area (Å²) in [6.45, 7) is 1.11. The summed E-state index contributed by atoms with van der Waals surface area (Å²) in [6.07, 6.45) is 1.77. The van der Waals surface area contributed by atoms with Crippen LogP contribution >= 0.6 is 22.9 Å². The van der Waals surface area contributed by atoms with Gasteiger partial charge in [-0.1, -0.05) is 41.9 Å². The van der Waals surface area contributed by atoms with Gasteiger partial charge in [0.05, 0.1) is 9.92 Å². The number of nitrogens with zero attached hydrogens (tertiary/aromatic N) is 1. The van der Waals surface area contributed by atoms with Gasteiger partial charge in [-0.2, -0.15) is 4.31 Å². The zero-order valence-electron chi connectivity index (χ0n) is 16.5. The summed E-state index contributed by atoms with van der Waals surface area (Å²) in [5, 5.41) is 6.22. The minimum absolute atomic E-state index is 0.235. The number of halogens is 1. The Kier molecular flexibility index (Phi) is 5.22. The molecule has 0 aliphatic carbocycles. The molecule has 1 N–H and O–H groups in total. The minimum Gasteiger partial charge on any atom is -0.321 e. The number of rotatable bonds is 4. The lowest BCUT2D eigenvalue weighted by molar-refractivity contribution is 0.103. The minimum atomic E-state index is -3.48. The van der Waals surface area contributed by atoms with Crippen LogP contribution in [0.15, 0.2) is 65.6 Å². The Morgan fingerprint density at radius 2 is 1.68 bits per heavy atom. The summed E-state index contributed by atoms with van der Waals surface area (Å²) in [5.41, 5.74) is 0.517. The maximum absolute atomic E-state index is 12.9. The van der Waals surface area contributed by atoms with Crippen molar-refractivity contribution < 1.29 is 13.2 Å². The van der Waals surface area contributed by atoms with Gasteiger partial charge < -0.3 is 5.32 Å². The number of benzene rings is 3. The Hall–Kier alpha value is -2.45. The van der Waals surface area contributed by atoms with E-state index in [0.29, 0.717) is 28.7 Å². The van der Waals surface area contributed by atoms with E-state index in [-0.39, 0.29) is 10.8 Å². The van der Waals surface area contributed by atoms with Crippen molar-refractivity contribution >= 4 is 65.4 Å². The molecule has 0 saturated carbocycles. The van der Waals surface area contributed by atoms with Crippen LogP contribution in [0.25, 0.3) is 20.9 Å². The molecule has 1 aliphatic heterocycles. The summed E-state index contributed by atoms with van der Waals surface area (Å²) in [7, 11) is -3.48. The lowest BCUT2D eigenvalue weighted by atomic mass is 10.1. The van der Waals surface area contributed by atoms with Crippen LogP contribution in [0.5, 0.6) is 0 Å². The third kappa shape index (κ3) is 3.61. The maximum Gasteiger partial charge on any atom is 0.267 e. The van der Waals surface area contributed by atoms with Gasteiger partial charge in [0.25, 0.3) is 5.91 Å². The van der Waals surface area contributed by atoms with Crippen molar-refractivity contribution in [2.24, 2.45) is 0 Å². The fourth-order valence-corrected chi connectivity index (χ4v) is 6.94. The number of hydrogen-bond acceptors (Lipinski definition) is 4. The highest BCUT2D eigenvalue weighted by atomic mass is 35.5. The van der Waals surface area contributed by atoms with Crippen molar-refractivity contribution in [3.8, 4) is 0 Å². The number of thiophene rings is 1. The highest BCUT2D eigenvalue weighted by Gasteiger charge is 2.27. The first-order valence-corrected chi connectivity index (χ1v) is 12.6. The molecule has 0 atom stereocenters. The number of nitrogens with one attached hydrogen (secondary N) is 1. The van der Waals surface area contributed by atoms with Gasteiger partial charge in [-0.25, -0.2) is 8.42 Å². The second-order valence-electron chi connectivity index (χ2n) is 7.49. The molecule has 4 aromatic rings. The average molecular weight is 471 g/mol. The fraction of sp³-hybridized carbons (Fsp3) is 0.174. The molecule has 0 spiro atoms. The standard InChI is InChI=1S/C23H19ClN2O3S2/c24-21-20-18-6-2-1-5-15(18)7-12-19(20)30-22(21)23(27)25-16-8-10-17(11-9-16)31(28,29)26-13-3-4-14-26/h1-2,5-12H,3-4,13-14H2,(H,25,27). The van der Waals surface area contributed by atoms with E-state index in [1.165, 1.54) is 27.8 Å². The number of fused-ring (bicyclic) bond motifs is 3. The Bertz CT molecular complexity index is 1410. The third-order valence-electron chi connectivity index (χ3n) is 5.54. The summed E-state index contributed by atoms with van der Waals surface area (Å²) in [6, 6.07) is 18.2. The zero-order chi connectivity index (χ0) is 21.6. The van der Waals surface area contributed by atoms with Gasteiger partial charge in [-0.15, -0.1) is 11.3 Å². The van der Waals surface area contributed by atoms with Crippen LogP contribution in [0, 0.1) is 0 Å². The number of anilines is 1. The van der Waals surface area contributed by atoms with E-state index in [1.807, 2.05) is 36.4 Å². The van der Waals surface area contributed by atoms with Gasteiger partial charge in [0, 0.05) is 28.9 Å². The van der Waals surface area contributed by atoms with Crippen LogP contribution in [0.2, 0.25) is 5.02 Å². The monoisotopic (exact) mass is 470 g/mol. The lowest BCUT2D eigenvalue weighted by Crippen LogP contribution is -2.27. The van der Waals surface area contributed by atoms with E-state index < -0.39 is 10.0 Å². The highest BCUT2D eigenvalue weighted by Crippen LogP contribution is 2.40. The molecular formula is C23H19ClN2O3S2. The molecule has 1 fully saturated rings. The van der Waals surface area contributed by atoms with Crippen molar-refractivity contribution in [2.75, 3.05) is 18.4 Å². The summed E-state index contributed by atoms with van der Waals surface area (Å²) in [4.78, 5) is 13.6. The maximum atomic E-state index is 12.9. The van der Waals surface area contributed by atoms with E-state index in [0.717, 1.165) is 33.7 Å². The number of hydrogen-bond donors (Lipinski definition) is 1. The number of sulfonamides is 1. The molecule has 0 radical (unpaired) electrons. The molecule has 3 aromatic carbocycles. The SMILES string of the molecule is O=C(Nc1ccc(S(=O)(=O)N2CCCC2)cc1)c1sc2ccc3ccccc3c2c1Cl. The van der Waals surface area contributed by atoms with Gasteiger partial charge >= 0.3 is 0 Å². The molecule has 158 valence electrons. The van der Waals surface area contributed by atoms with Crippen LogP contribution in [0.4, 0.5) is 5.69 Å². The first kappa shape index (κ1) is 20.5. The van der Waals surface area contributed by atoms with Crippen molar-refractivity contribution in [1.29, 1.82) is 0 Å². The molecule has 0 bridgehead atoms. The molecule has 8 heteroatoms. The summed E-state index contributed by atoms with van der Waals surface area (Å²) < 4.78 is 27.8. The van der Waals surface area contributed by atoms with Gasteiger partial charge in [0.1, 0.15) is 4.88 Å². The smallest absolute Gasteiger partial charge is 0.267 e. The first-order valence-electron chi connectivity index (χ1n) is 9.96. The highest BCUT2D eigenvalue weighted by molar-refractivity contribution is 7.89. The molecule has 1 amide bonds. The average Bonchev–Trinajstić information content (AvgIpc) is 3.43. The first-order chi connectivity index (χ1) is 14.9. The van der Waals surface area contributed by atoms with Crippen molar-refractivity contribution in [3.05, 3.63) is 70.6 Å². The molecule has 1 aliphatic rings. The molecule has 0 unspecified atom stereocenters. The predicted molar refractivity (Wildman–Crippen MR) is 127 cm³/mol. The molecular weight excluding hydrogens is 452 g/mol. The lowest BCUT2D eigenvalue weighted by Gasteiger charge is -2.15. The van der Waals surface area contributed by atoms with Gasteiger partial charge in [-0.3, -0.25) is 4.79 Å². The number of carbonyl (C=O) groups excluding carboxylic acids is 1.